The van der Waals surface area contributed by atoms with Crippen LogP contribution in [0.25, 0.3) is 0 Å². The highest BCUT2D eigenvalue weighted by Gasteiger charge is 2.19. The Labute approximate surface area is 126 Å². The molecule has 0 unspecified atom stereocenters. The molecule has 1 N–H and O–H groups in total. The average Bonchev–Trinajstić information content (AvgIpc) is 2.38. The predicted octanol–water partition coefficient (Wildman–Crippen LogP) is 3.05. The minimum absolute atomic E-state index is 0.0401. The van der Waals surface area contributed by atoms with Crippen molar-refractivity contribution in [3.8, 4) is 0 Å². The van der Waals surface area contributed by atoms with Crippen molar-refractivity contribution >= 4 is 44.9 Å². The van der Waals surface area contributed by atoms with Crippen LogP contribution >= 0.6 is 27.5 Å². The summed E-state index contributed by atoms with van der Waals surface area (Å²) in [6, 6.07) is 3.97. The summed E-state index contributed by atoms with van der Waals surface area (Å²) in [6.45, 7) is 0. The van der Waals surface area contributed by atoms with Crippen molar-refractivity contribution in [1.29, 1.82) is 0 Å². The van der Waals surface area contributed by atoms with Gasteiger partial charge in [-0.2, -0.15) is 0 Å². The van der Waals surface area contributed by atoms with Crippen LogP contribution in [0.5, 0.6) is 0 Å². The Hall–Kier alpha value is -2.06. The number of nitro groups is 1. The SMILES string of the molecule is O=C(Nc1nc(Cl)ccc1[N+](=O)[O-])c1cncc(Br)c1. The van der Waals surface area contributed by atoms with Crippen LogP contribution in [0.2, 0.25) is 5.15 Å². The summed E-state index contributed by atoms with van der Waals surface area (Å²) >= 11 is 8.85. The van der Waals surface area contributed by atoms with Crippen LogP contribution in [-0.4, -0.2) is 20.8 Å². The van der Waals surface area contributed by atoms with Crippen LogP contribution in [-0.2, 0) is 0 Å². The third kappa shape index (κ3) is 3.28. The molecular formula is C11H6BrClN4O3. The number of amides is 1. The highest BCUT2D eigenvalue weighted by molar-refractivity contribution is 9.10. The lowest BCUT2D eigenvalue weighted by atomic mass is 10.2. The normalized spacial score (nSPS) is 10.1. The molecule has 0 aliphatic rings. The van der Waals surface area contributed by atoms with Crippen LogP contribution in [0, 0.1) is 10.1 Å². The summed E-state index contributed by atoms with van der Waals surface area (Å²) in [7, 11) is 0. The van der Waals surface area contributed by atoms with Gasteiger partial charge in [0.1, 0.15) is 5.15 Å². The Balaban J connectivity index is 2.32. The molecule has 2 rings (SSSR count). The summed E-state index contributed by atoms with van der Waals surface area (Å²) < 4.78 is 0.610. The smallest absolute Gasteiger partial charge is 0.301 e. The first-order valence-electron chi connectivity index (χ1n) is 5.20. The summed E-state index contributed by atoms with van der Waals surface area (Å²) in [4.78, 5) is 29.8. The van der Waals surface area contributed by atoms with Crippen molar-refractivity contribution < 1.29 is 9.72 Å². The number of carbonyl (C=O) groups excluding carboxylic acids is 1. The van der Waals surface area contributed by atoms with E-state index in [4.69, 9.17) is 11.6 Å². The lowest BCUT2D eigenvalue weighted by Crippen LogP contribution is -2.14. The Morgan fingerprint density at radius 3 is 2.80 bits per heavy atom. The van der Waals surface area contributed by atoms with Crippen molar-refractivity contribution in [2.45, 2.75) is 0 Å². The highest BCUT2D eigenvalue weighted by Crippen LogP contribution is 2.24. The molecule has 20 heavy (non-hydrogen) atoms. The summed E-state index contributed by atoms with van der Waals surface area (Å²) in [6.07, 6.45) is 2.84. The fraction of sp³-hybridized carbons (Fsp3) is 0. The van der Waals surface area contributed by atoms with Crippen molar-refractivity contribution in [1.82, 2.24) is 9.97 Å². The second-order valence-electron chi connectivity index (χ2n) is 3.60. The van der Waals surface area contributed by atoms with E-state index in [9.17, 15) is 14.9 Å². The second-order valence-corrected chi connectivity index (χ2v) is 4.91. The Kier molecular flexibility index (Phi) is 4.26. The maximum Gasteiger partial charge on any atom is 0.311 e. The van der Waals surface area contributed by atoms with Gasteiger partial charge in [0.15, 0.2) is 0 Å². The van der Waals surface area contributed by atoms with E-state index in [2.05, 4.69) is 31.2 Å². The summed E-state index contributed by atoms with van der Waals surface area (Å²) in [5, 5.41) is 13.2. The monoisotopic (exact) mass is 356 g/mol. The van der Waals surface area contributed by atoms with Gasteiger partial charge in [0.2, 0.25) is 5.82 Å². The molecule has 0 bridgehead atoms. The van der Waals surface area contributed by atoms with E-state index in [-0.39, 0.29) is 22.2 Å². The molecule has 0 spiro atoms. The lowest BCUT2D eigenvalue weighted by Gasteiger charge is -2.05. The molecule has 1 amide bonds. The fourth-order valence-electron chi connectivity index (χ4n) is 1.38. The molecule has 0 atom stereocenters. The molecule has 2 heterocycles. The van der Waals surface area contributed by atoms with E-state index in [1.807, 2.05) is 0 Å². The largest absolute Gasteiger partial charge is 0.311 e. The minimum Gasteiger partial charge on any atom is -0.301 e. The van der Waals surface area contributed by atoms with Gasteiger partial charge in [0, 0.05) is 22.9 Å². The Bertz CT molecular complexity index is 695. The van der Waals surface area contributed by atoms with E-state index in [0.29, 0.717) is 4.47 Å². The van der Waals surface area contributed by atoms with Crippen LogP contribution in [0.4, 0.5) is 11.5 Å². The Morgan fingerprint density at radius 2 is 2.15 bits per heavy atom. The van der Waals surface area contributed by atoms with Gasteiger partial charge in [0.05, 0.1) is 10.5 Å². The third-order valence-electron chi connectivity index (χ3n) is 2.24. The van der Waals surface area contributed by atoms with Gasteiger partial charge in [-0.1, -0.05) is 11.6 Å². The molecule has 0 saturated heterocycles. The molecule has 0 aliphatic heterocycles. The summed E-state index contributed by atoms with van der Waals surface area (Å²) in [5.41, 5.74) is -0.110. The zero-order valence-corrected chi connectivity index (χ0v) is 12.1. The first-order valence-corrected chi connectivity index (χ1v) is 6.37. The number of anilines is 1. The fourth-order valence-corrected chi connectivity index (χ4v) is 1.90. The van der Waals surface area contributed by atoms with Crippen molar-refractivity contribution in [3.63, 3.8) is 0 Å². The number of hydrogen-bond acceptors (Lipinski definition) is 5. The maximum absolute atomic E-state index is 12.0. The van der Waals surface area contributed by atoms with E-state index in [1.165, 1.54) is 30.6 Å². The van der Waals surface area contributed by atoms with E-state index >= 15 is 0 Å². The molecule has 0 aromatic carbocycles. The predicted molar refractivity (Wildman–Crippen MR) is 75.8 cm³/mol. The van der Waals surface area contributed by atoms with Gasteiger partial charge in [-0.3, -0.25) is 19.9 Å². The molecule has 9 heteroatoms. The standard InChI is InChI=1S/C11H6BrClN4O3/c12-7-3-6(4-14-5-7)11(18)16-10-8(17(19)20)1-2-9(13)15-10/h1-5H,(H,15,16,18). The average molecular weight is 358 g/mol. The van der Waals surface area contributed by atoms with Gasteiger partial charge >= 0.3 is 5.69 Å². The number of nitrogens with zero attached hydrogens (tertiary/aromatic N) is 3. The molecule has 2 aromatic rings. The summed E-state index contributed by atoms with van der Waals surface area (Å²) in [5.74, 6) is -0.788. The van der Waals surface area contributed by atoms with Crippen LogP contribution in [0.15, 0.2) is 35.1 Å². The van der Waals surface area contributed by atoms with Crippen LogP contribution in [0.3, 0.4) is 0 Å². The number of rotatable bonds is 3. The zero-order valence-electron chi connectivity index (χ0n) is 9.71. The number of nitrogens with one attached hydrogen (secondary N) is 1. The van der Waals surface area contributed by atoms with E-state index in [1.54, 1.807) is 0 Å². The van der Waals surface area contributed by atoms with Gasteiger partial charge in [-0.15, -0.1) is 0 Å². The van der Waals surface area contributed by atoms with Gasteiger partial charge in [0.25, 0.3) is 5.91 Å². The van der Waals surface area contributed by atoms with Gasteiger partial charge in [-0.25, -0.2) is 4.98 Å². The number of pyridine rings is 2. The number of hydrogen-bond donors (Lipinski definition) is 1. The number of aromatic nitrogens is 2. The van der Waals surface area contributed by atoms with E-state index in [0.717, 1.165) is 0 Å². The van der Waals surface area contributed by atoms with Crippen LogP contribution < -0.4 is 5.32 Å². The molecule has 2 aromatic heterocycles. The van der Waals surface area contributed by atoms with Crippen molar-refractivity contribution in [3.05, 3.63) is 55.9 Å². The molecule has 7 nitrogen and oxygen atoms in total. The van der Waals surface area contributed by atoms with Crippen molar-refractivity contribution in [2.75, 3.05) is 5.32 Å². The second kappa shape index (κ2) is 5.93. The van der Waals surface area contributed by atoms with Gasteiger partial charge in [-0.05, 0) is 28.1 Å². The Morgan fingerprint density at radius 1 is 1.40 bits per heavy atom. The number of carbonyl (C=O) groups is 1. The van der Waals surface area contributed by atoms with Crippen LogP contribution in [0.1, 0.15) is 10.4 Å². The zero-order chi connectivity index (χ0) is 14.7. The van der Waals surface area contributed by atoms with E-state index < -0.39 is 10.8 Å². The number of halogens is 2. The molecule has 0 aliphatic carbocycles. The topological polar surface area (TPSA) is 98.0 Å². The lowest BCUT2D eigenvalue weighted by molar-refractivity contribution is -0.384. The highest BCUT2D eigenvalue weighted by atomic mass is 79.9. The van der Waals surface area contributed by atoms with Crippen molar-refractivity contribution in [2.24, 2.45) is 0 Å². The quantitative estimate of drug-likeness (QED) is 0.517. The molecule has 0 radical (unpaired) electrons. The molecule has 0 fully saturated rings. The molecular weight excluding hydrogens is 352 g/mol. The molecule has 0 saturated carbocycles. The third-order valence-corrected chi connectivity index (χ3v) is 2.88. The molecule has 102 valence electrons. The minimum atomic E-state index is -0.655. The maximum atomic E-state index is 12.0. The first-order chi connectivity index (χ1) is 9.47. The van der Waals surface area contributed by atoms with Gasteiger partial charge < -0.3 is 5.32 Å². The first kappa shape index (κ1) is 14.4.